The number of benzene rings is 1. The van der Waals surface area contributed by atoms with Gasteiger partial charge in [0.05, 0.1) is 6.04 Å². The topological polar surface area (TPSA) is 64.7 Å². The van der Waals surface area contributed by atoms with Gasteiger partial charge in [-0.25, -0.2) is 4.79 Å². The molecule has 2 N–H and O–H groups in total. The highest BCUT2D eigenvalue weighted by atomic mass is 16.2. The number of hydrogen-bond acceptors (Lipinski definition) is 3. The number of likely N-dealkylation sites (tertiary alicyclic amines) is 1. The second-order valence-electron chi connectivity index (χ2n) is 6.93. The fourth-order valence-electron chi connectivity index (χ4n) is 3.60. The Morgan fingerprint density at radius 1 is 1.20 bits per heavy atom. The van der Waals surface area contributed by atoms with Crippen LogP contribution in [-0.2, 0) is 4.79 Å². The molecule has 1 aromatic rings. The second kappa shape index (κ2) is 8.34. The molecular formula is C19H28N4O2. The van der Waals surface area contributed by atoms with Crippen LogP contribution in [0.3, 0.4) is 0 Å². The normalized spacial score (nSPS) is 23.0. The Morgan fingerprint density at radius 2 is 1.92 bits per heavy atom. The summed E-state index contributed by atoms with van der Waals surface area (Å²) in [5.74, 6) is -0.0801. The molecule has 6 nitrogen and oxygen atoms in total. The SMILES string of the molecule is C[C@@H]1C(=O)NCCCN1C(=O)N[C@@H](CN1CCCC1)c1ccccc1. The third-order valence-corrected chi connectivity index (χ3v) is 5.12. The van der Waals surface area contributed by atoms with Crippen molar-refractivity contribution in [2.45, 2.75) is 38.3 Å². The molecule has 0 saturated carbocycles. The molecule has 0 unspecified atom stereocenters. The molecule has 6 heteroatoms. The number of urea groups is 1. The van der Waals surface area contributed by atoms with Crippen LogP contribution in [-0.4, -0.2) is 60.5 Å². The van der Waals surface area contributed by atoms with E-state index in [9.17, 15) is 9.59 Å². The predicted octanol–water partition coefficient (Wildman–Crippen LogP) is 1.74. The number of carbonyl (C=O) groups is 2. The summed E-state index contributed by atoms with van der Waals surface area (Å²) in [6.07, 6.45) is 3.23. The van der Waals surface area contributed by atoms with Crippen LogP contribution in [0.1, 0.15) is 37.8 Å². The van der Waals surface area contributed by atoms with Crippen molar-refractivity contribution in [2.24, 2.45) is 0 Å². The van der Waals surface area contributed by atoms with Gasteiger partial charge < -0.3 is 20.4 Å². The lowest BCUT2D eigenvalue weighted by Gasteiger charge is -2.30. The van der Waals surface area contributed by atoms with Gasteiger partial charge in [-0.1, -0.05) is 30.3 Å². The van der Waals surface area contributed by atoms with Gasteiger partial charge in [-0.05, 0) is 44.8 Å². The maximum Gasteiger partial charge on any atom is 0.318 e. The van der Waals surface area contributed by atoms with Crippen molar-refractivity contribution in [3.8, 4) is 0 Å². The standard InChI is InChI=1S/C19H28N4O2/c1-15-18(24)20-10-7-13-23(15)19(25)21-17(14-22-11-5-6-12-22)16-8-3-2-4-9-16/h2-4,8-9,15,17H,5-7,10-14H2,1H3,(H,20,24)(H,21,25)/t15-,17+/m1/s1. The number of nitrogens with one attached hydrogen (secondary N) is 2. The van der Waals surface area contributed by atoms with E-state index >= 15 is 0 Å². The molecule has 2 aliphatic rings. The lowest BCUT2D eigenvalue weighted by atomic mass is 10.1. The van der Waals surface area contributed by atoms with Gasteiger partial charge in [-0.2, -0.15) is 0 Å². The van der Waals surface area contributed by atoms with Crippen LogP contribution in [0.2, 0.25) is 0 Å². The molecule has 0 aliphatic carbocycles. The number of rotatable bonds is 4. The Kier molecular flexibility index (Phi) is 5.91. The highest BCUT2D eigenvalue weighted by Crippen LogP contribution is 2.18. The summed E-state index contributed by atoms with van der Waals surface area (Å²) < 4.78 is 0. The average Bonchev–Trinajstić information content (AvgIpc) is 3.08. The zero-order valence-electron chi connectivity index (χ0n) is 14.9. The highest BCUT2D eigenvalue weighted by molar-refractivity contribution is 5.87. The number of carbonyl (C=O) groups excluding carboxylic acids is 2. The molecule has 2 saturated heterocycles. The van der Waals surface area contributed by atoms with E-state index in [0.29, 0.717) is 13.1 Å². The van der Waals surface area contributed by atoms with Gasteiger partial charge in [0.25, 0.3) is 0 Å². The van der Waals surface area contributed by atoms with E-state index in [0.717, 1.165) is 31.6 Å². The minimum atomic E-state index is -0.439. The summed E-state index contributed by atoms with van der Waals surface area (Å²) >= 11 is 0. The zero-order valence-corrected chi connectivity index (χ0v) is 14.9. The van der Waals surface area contributed by atoms with Crippen LogP contribution in [0.15, 0.2) is 30.3 Å². The molecule has 2 aliphatic heterocycles. The van der Waals surface area contributed by atoms with Crippen molar-refractivity contribution in [3.63, 3.8) is 0 Å². The molecule has 3 rings (SSSR count). The minimum absolute atomic E-state index is 0.0645. The Hall–Kier alpha value is -2.08. The molecule has 0 bridgehead atoms. The first kappa shape index (κ1) is 17.7. The summed E-state index contributed by atoms with van der Waals surface area (Å²) in [4.78, 5) is 29.0. The monoisotopic (exact) mass is 344 g/mol. The first-order chi connectivity index (χ1) is 12.1. The van der Waals surface area contributed by atoms with E-state index in [-0.39, 0.29) is 18.0 Å². The molecule has 2 heterocycles. The van der Waals surface area contributed by atoms with Gasteiger partial charge in [0, 0.05) is 19.6 Å². The first-order valence-corrected chi connectivity index (χ1v) is 9.27. The highest BCUT2D eigenvalue weighted by Gasteiger charge is 2.30. The van der Waals surface area contributed by atoms with Crippen molar-refractivity contribution in [1.29, 1.82) is 0 Å². The second-order valence-corrected chi connectivity index (χ2v) is 6.93. The lowest BCUT2D eigenvalue weighted by Crippen LogP contribution is -2.51. The van der Waals surface area contributed by atoms with E-state index in [1.165, 1.54) is 12.8 Å². The molecule has 136 valence electrons. The summed E-state index contributed by atoms with van der Waals surface area (Å²) in [5.41, 5.74) is 1.11. The van der Waals surface area contributed by atoms with Crippen molar-refractivity contribution in [1.82, 2.24) is 20.4 Å². The first-order valence-electron chi connectivity index (χ1n) is 9.27. The molecule has 0 radical (unpaired) electrons. The van der Waals surface area contributed by atoms with E-state index in [1.807, 2.05) is 18.2 Å². The molecule has 2 atom stereocenters. The number of hydrogen-bond donors (Lipinski definition) is 2. The van der Waals surface area contributed by atoms with Crippen LogP contribution in [0.5, 0.6) is 0 Å². The predicted molar refractivity (Wildman–Crippen MR) is 97.2 cm³/mol. The molecule has 25 heavy (non-hydrogen) atoms. The number of nitrogens with zero attached hydrogens (tertiary/aromatic N) is 2. The maximum atomic E-state index is 12.9. The van der Waals surface area contributed by atoms with Gasteiger partial charge in [-0.3, -0.25) is 4.79 Å². The molecule has 3 amide bonds. The fourth-order valence-corrected chi connectivity index (χ4v) is 3.60. The largest absolute Gasteiger partial charge is 0.354 e. The molecule has 0 spiro atoms. The molecule has 0 aromatic heterocycles. The Morgan fingerprint density at radius 3 is 2.64 bits per heavy atom. The molecular weight excluding hydrogens is 316 g/mol. The van der Waals surface area contributed by atoms with Gasteiger partial charge in [0.1, 0.15) is 6.04 Å². The van der Waals surface area contributed by atoms with Crippen molar-refractivity contribution < 1.29 is 9.59 Å². The van der Waals surface area contributed by atoms with Crippen LogP contribution in [0.25, 0.3) is 0 Å². The Balaban J connectivity index is 1.72. The van der Waals surface area contributed by atoms with Crippen LogP contribution >= 0.6 is 0 Å². The van der Waals surface area contributed by atoms with Crippen LogP contribution in [0.4, 0.5) is 4.79 Å². The zero-order chi connectivity index (χ0) is 17.6. The minimum Gasteiger partial charge on any atom is -0.354 e. The maximum absolute atomic E-state index is 12.9. The summed E-state index contributed by atoms with van der Waals surface area (Å²) in [6.45, 7) is 5.99. The van der Waals surface area contributed by atoms with Crippen LogP contribution < -0.4 is 10.6 Å². The average molecular weight is 344 g/mol. The smallest absolute Gasteiger partial charge is 0.318 e. The third kappa shape index (κ3) is 4.51. The molecule has 1 aromatic carbocycles. The van der Waals surface area contributed by atoms with Gasteiger partial charge in [0.15, 0.2) is 0 Å². The van der Waals surface area contributed by atoms with Crippen molar-refractivity contribution >= 4 is 11.9 Å². The van der Waals surface area contributed by atoms with Crippen molar-refractivity contribution in [3.05, 3.63) is 35.9 Å². The van der Waals surface area contributed by atoms with E-state index < -0.39 is 6.04 Å². The fraction of sp³-hybridized carbons (Fsp3) is 0.579. The third-order valence-electron chi connectivity index (χ3n) is 5.12. The summed E-state index contributed by atoms with van der Waals surface area (Å²) in [6, 6.07) is 9.44. The lowest BCUT2D eigenvalue weighted by molar-refractivity contribution is -0.124. The quantitative estimate of drug-likeness (QED) is 0.874. The van der Waals surface area contributed by atoms with Gasteiger partial charge in [0.2, 0.25) is 5.91 Å². The summed E-state index contributed by atoms with van der Waals surface area (Å²) in [7, 11) is 0. The van der Waals surface area contributed by atoms with Crippen LogP contribution in [0, 0.1) is 0 Å². The van der Waals surface area contributed by atoms with E-state index in [1.54, 1.807) is 11.8 Å². The van der Waals surface area contributed by atoms with E-state index in [4.69, 9.17) is 0 Å². The van der Waals surface area contributed by atoms with Gasteiger partial charge in [-0.15, -0.1) is 0 Å². The number of amides is 3. The van der Waals surface area contributed by atoms with E-state index in [2.05, 4.69) is 27.7 Å². The van der Waals surface area contributed by atoms with Crippen molar-refractivity contribution in [2.75, 3.05) is 32.7 Å². The Labute approximate surface area is 149 Å². The molecule has 2 fully saturated rings. The summed E-state index contributed by atoms with van der Waals surface area (Å²) in [5, 5.41) is 6.03. The Bertz CT molecular complexity index is 586. The van der Waals surface area contributed by atoms with Gasteiger partial charge >= 0.3 is 6.03 Å².